The first-order valence-electron chi connectivity index (χ1n) is 4.51. The number of carbonyl (C=O) groups excluding carboxylic acids is 2. The van der Waals surface area contributed by atoms with E-state index in [-0.39, 0.29) is 11.5 Å². The lowest BCUT2D eigenvalue weighted by atomic mass is 10.1. The van der Waals surface area contributed by atoms with Crippen molar-refractivity contribution in [3.8, 4) is 11.5 Å². The minimum atomic E-state index is -0.437. The third kappa shape index (κ3) is 3.42. The quantitative estimate of drug-likeness (QED) is 0.391. The summed E-state index contributed by atoms with van der Waals surface area (Å²) in [4.78, 5) is 20.6. The van der Waals surface area contributed by atoms with E-state index >= 15 is 0 Å². The van der Waals surface area contributed by atoms with Gasteiger partial charge >= 0.3 is 0 Å². The molecule has 0 radical (unpaired) electrons. The number of benzene rings is 1. The van der Waals surface area contributed by atoms with Crippen molar-refractivity contribution in [3.63, 3.8) is 0 Å². The van der Waals surface area contributed by atoms with Crippen LogP contribution < -0.4 is 0 Å². The van der Waals surface area contributed by atoms with E-state index in [0.29, 0.717) is 0 Å². The summed E-state index contributed by atoms with van der Waals surface area (Å²) < 4.78 is 0. The van der Waals surface area contributed by atoms with Crippen LogP contribution in [0.3, 0.4) is 0 Å². The van der Waals surface area contributed by atoms with Gasteiger partial charge in [0.05, 0.1) is 0 Å². The van der Waals surface area contributed by atoms with Crippen molar-refractivity contribution in [1.29, 1.82) is 0 Å². The van der Waals surface area contributed by atoms with Crippen LogP contribution in [0.5, 0.6) is 11.5 Å². The molecule has 0 unspecified atom stereocenters. The molecule has 0 amide bonds. The number of phenolic OH excluding ortho intramolecular Hbond substituents is 2. The third-order valence-electron chi connectivity index (χ3n) is 1.73. The fourth-order valence-electron chi connectivity index (χ4n) is 0.914. The van der Waals surface area contributed by atoms with Crippen LogP contribution in [-0.2, 0) is 9.59 Å². The van der Waals surface area contributed by atoms with Gasteiger partial charge in [-0.05, 0) is 24.3 Å². The Balaban J connectivity index is 0.000000160. The molecule has 0 aliphatic heterocycles. The zero-order valence-electron chi connectivity index (χ0n) is 8.33. The first kappa shape index (κ1) is 11.7. The van der Waals surface area contributed by atoms with E-state index in [1.54, 1.807) is 24.3 Å². The maximum Gasteiger partial charge on any atom is 0.225 e. The van der Waals surface area contributed by atoms with Gasteiger partial charge < -0.3 is 10.2 Å². The van der Waals surface area contributed by atoms with Crippen LogP contribution in [-0.4, -0.2) is 21.8 Å². The van der Waals surface area contributed by atoms with Crippen LogP contribution in [0.25, 0.3) is 0 Å². The molecule has 1 aliphatic carbocycles. The van der Waals surface area contributed by atoms with Crippen molar-refractivity contribution < 1.29 is 19.8 Å². The smallest absolute Gasteiger partial charge is 0.225 e. The largest absolute Gasteiger partial charge is 0.504 e. The Morgan fingerprint density at radius 1 is 0.750 bits per heavy atom. The molecule has 0 heterocycles. The number of hydrogen-bond donors (Lipinski definition) is 2. The number of phenols is 2. The summed E-state index contributed by atoms with van der Waals surface area (Å²) in [7, 11) is 0. The molecular weight excluding hydrogens is 208 g/mol. The SMILES string of the molecule is O=C1C=CC=CC1=O.Oc1ccccc1O. The summed E-state index contributed by atoms with van der Waals surface area (Å²) in [5, 5.41) is 17.3. The molecule has 16 heavy (non-hydrogen) atoms. The zero-order chi connectivity index (χ0) is 12.0. The first-order chi connectivity index (χ1) is 7.61. The lowest BCUT2D eigenvalue weighted by Gasteiger charge is -1.91. The Morgan fingerprint density at radius 2 is 1.12 bits per heavy atom. The van der Waals surface area contributed by atoms with E-state index in [9.17, 15) is 9.59 Å². The van der Waals surface area contributed by atoms with Crippen molar-refractivity contribution >= 4 is 11.6 Å². The van der Waals surface area contributed by atoms with E-state index in [2.05, 4.69) is 0 Å². The fourth-order valence-corrected chi connectivity index (χ4v) is 0.914. The molecule has 0 aromatic heterocycles. The summed E-state index contributed by atoms with van der Waals surface area (Å²) >= 11 is 0. The molecule has 0 bridgehead atoms. The van der Waals surface area contributed by atoms with Gasteiger partial charge in [0, 0.05) is 0 Å². The number of aromatic hydroxyl groups is 2. The third-order valence-corrected chi connectivity index (χ3v) is 1.73. The highest BCUT2D eigenvalue weighted by molar-refractivity contribution is 6.46. The lowest BCUT2D eigenvalue weighted by molar-refractivity contribution is -0.131. The molecule has 1 aliphatic rings. The second kappa shape index (κ2) is 5.50. The summed E-state index contributed by atoms with van der Waals surface area (Å²) in [6.07, 6.45) is 5.60. The molecule has 0 saturated heterocycles. The predicted octanol–water partition coefficient (Wildman–Crippen LogP) is 1.35. The van der Waals surface area contributed by atoms with Gasteiger partial charge in [-0.25, -0.2) is 0 Å². The molecule has 2 N–H and O–H groups in total. The average Bonchev–Trinajstić information content (AvgIpc) is 2.28. The lowest BCUT2D eigenvalue weighted by Crippen LogP contribution is -2.08. The molecule has 82 valence electrons. The fraction of sp³-hybridized carbons (Fsp3) is 0. The highest BCUT2D eigenvalue weighted by Gasteiger charge is 2.06. The van der Waals surface area contributed by atoms with Crippen molar-refractivity contribution in [2.45, 2.75) is 0 Å². The molecule has 0 atom stereocenters. The predicted molar refractivity (Wildman–Crippen MR) is 58.1 cm³/mol. The number of para-hydroxylation sites is 2. The van der Waals surface area contributed by atoms with E-state index in [1.165, 1.54) is 24.3 Å². The first-order valence-corrected chi connectivity index (χ1v) is 4.51. The van der Waals surface area contributed by atoms with E-state index in [0.717, 1.165) is 0 Å². The Morgan fingerprint density at radius 3 is 1.38 bits per heavy atom. The number of rotatable bonds is 0. The molecule has 4 nitrogen and oxygen atoms in total. The molecule has 1 aromatic rings. The van der Waals surface area contributed by atoms with E-state index in [4.69, 9.17) is 10.2 Å². The van der Waals surface area contributed by atoms with Gasteiger partial charge in [0.2, 0.25) is 11.6 Å². The second-order valence-electron chi connectivity index (χ2n) is 2.94. The van der Waals surface area contributed by atoms with Crippen LogP contribution in [0.2, 0.25) is 0 Å². The van der Waals surface area contributed by atoms with Gasteiger partial charge in [-0.15, -0.1) is 0 Å². The molecule has 1 aromatic carbocycles. The van der Waals surface area contributed by atoms with E-state index < -0.39 is 11.6 Å². The highest BCUT2D eigenvalue weighted by atomic mass is 16.3. The number of ketones is 2. The van der Waals surface area contributed by atoms with Crippen LogP contribution in [0, 0.1) is 0 Å². The molecule has 4 heteroatoms. The molecule has 2 rings (SSSR count). The van der Waals surface area contributed by atoms with Crippen molar-refractivity contribution in [2.75, 3.05) is 0 Å². The Hall–Kier alpha value is -2.36. The highest BCUT2D eigenvalue weighted by Crippen LogP contribution is 2.21. The van der Waals surface area contributed by atoms with E-state index in [1.807, 2.05) is 0 Å². The number of allylic oxidation sites excluding steroid dienone is 4. The second-order valence-corrected chi connectivity index (χ2v) is 2.94. The summed E-state index contributed by atoms with van der Waals surface area (Å²) in [6.45, 7) is 0. The molecule has 0 spiro atoms. The molecular formula is C12H10O4. The van der Waals surface area contributed by atoms with Crippen molar-refractivity contribution in [3.05, 3.63) is 48.6 Å². The monoisotopic (exact) mass is 218 g/mol. The van der Waals surface area contributed by atoms with Gasteiger partial charge in [-0.2, -0.15) is 0 Å². The summed E-state index contributed by atoms with van der Waals surface area (Å²) in [5.74, 6) is -1.03. The minimum Gasteiger partial charge on any atom is -0.504 e. The van der Waals surface area contributed by atoms with Gasteiger partial charge in [0.1, 0.15) is 0 Å². The Kier molecular flexibility index (Phi) is 4.03. The van der Waals surface area contributed by atoms with Crippen LogP contribution in [0.15, 0.2) is 48.6 Å². The van der Waals surface area contributed by atoms with Gasteiger partial charge in [0.25, 0.3) is 0 Å². The topological polar surface area (TPSA) is 74.6 Å². The number of carbonyl (C=O) groups is 2. The van der Waals surface area contributed by atoms with Crippen LogP contribution in [0.4, 0.5) is 0 Å². The maximum atomic E-state index is 10.3. The van der Waals surface area contributed by atoms with Crippen molar-refractivity contribution in [2.24, 2.45) is 0 Å². The number of hydrogen-bond acceptors (Lipinski definition) is 4. The summed E-state index contributed by atoms with van der Waals surface area (Å²) in [6, 6.07) is 6.15. The summed E-state index contributed by atoms with van der Waals surface area (Å²) in [5.41, 5.74) is 0. The van der Waals surface area contributed by atoms with Crippen LogP contribution >= 0.6 is 0 Å². The standard InChI is InChI=1S/C6H6O2.C6H4O2/c2*7-5-3-1-2-4-6(5)8/h1-4,7-8H;1-4H. The van der Waals surface area contributed by atoms with Crippen molar-refractivity contribution in [1.82, 2.24) is 0 Å². The minimum absolute atomic E-state index is 0.0764. The normalized spacial score (nSPS) is 13.2. The molecule has 0 saturated carbocycles. The molecule has 0 fully saturated rings. The van der Waals surface area contributed by atoms with Gasteiger partial charge in [-0.3, -0.25) is 9.59 Å². The Labute approximate surface area is 92.2 Å². The average molecular weight is 218 g/mol. The van der Waals surface area contributed by atoms with Gasteiger partial charge in [-0.1, -0.05) is 24.3 Å². The Bertz CT molecular complexity index is 415. The van der Waals surface area contributed by atoms with Gasteiger partial charge in [0.15, 0.2) is 11.5 Å². The maximum absolute atomic E-state index is 10.3. The van der Waals surface area contributed by atoms with Crippen LogP contribution in [0.1, 0.15) is 0 Å². The zero-order valence-corrected chi connectivity index (χ0v) is 8.33.